The fourth-order valence-electron chi connectivity index (χ4n) is 1.61. The van der Waals surface area contributed by atoms with E-state index in [9.17, 15) is 0 Å². The van der Waals surface area contributed by atoms with E-state index in [2.05, 4.69) is 24.2 Å². The minimum Gasteiger partial charge on any atom is -0.497 e. The molecule has 0 unspecified atom stereocenters. The second-order valence-electron chi connectivity index (χ2n) is 4.44. The van der Waals surface area contributed by atoms with Crippen molar-refractivity contribution in [3.05, 3.63) is 72.4 Å². The van der Waals surface area contributed by atoms with Crippen molar-refractivity contribution in [3.63, 3.8) is 0 Å². The molecule has 0 radical (unpaired) electrons. The zero-order chi connectivity index (χ0) is 18.4. The molecule has 0 aliphatic heterocycles. The van der Waals surface area contributed by atoms with E-state index in [1.807, 2.05) is 48.5 Å². The van der Waals surface area contributed by atoms with Crippen LogP contribution in [0.1, 0.15) is 11.1 Å². The molecule has 5 heteroatoms. The van der Waals surface area contributed by atoms with E-state index < -0.39 is 0 Å². The molecule has 0 amide bonds. The lowest BCUT2D eigenvalue weighted by molar-refractivity contribution is 0.414. The lowest BCUT2D eigenvalue weighted by Gasteiger charge is -2.01. The lowest BCUT2D eigenvalue weighted by Crippen LogP contribution is -2.12. The molecule has 0 aliphatic rings. The maximum Gasteiger partial charge on any atom is 0.130 e. The molecule has 0 aliphatic carbocycles. The second-order valence-corrected chi connectivity index (χ2v) is 4.44. The highest BCUT2D eigenvalue weighted by Gasteiger charge is 1.96. The molecule has 24 heavy (non-hydrogen) atoms. The van der Waals surface area contributed by atoms with E-state index in [0.29, 0.717) is 5.84 Å². The maximum atomic E-state index is 5.63. The van der Waals surface area contributed by atoms with Gasteiger partial charge in [0.1, 0.15) is 17.3 Å². The zero-order valence-corrected chi connectivity index (χ0v) is 14.8. The number of methoxy groups -OCH3 is 2. The molecule has 0 spiro atoms. The second kappa shape index (κ2) is 12.7. The molecule has 0 aromatic heterocycles. The van der Waals surface area contributed by atoms with Gasteiger partial charge in [-0.2, -0.15) is 0 Å². The molecule has 0 saturated heterocycles. The van der Waals surface area contributed by atoms with Gasteiger partial charge in [-0.3, -0.25) is 0 Å². The van der Waals surface area contributed by atoms with Crippen LogP contribution in [-0.4, -0.2) is 27.1 Å². The molecule has 0 fully saturated rings. The van der Waals surface area contributed by atoms with Crippen LogP contribution in [0.25, 0.3) is 0 Å². The normalized spacial score (nSPS) is 9.62. The molecular formula is C19H27N3O2. The third-order valence-corrected chi connectivity index (χ3v) is 2.87. The SMILES string of the molecule is C=CN=C(N)c1ccc(OC)cc1.CN.COc1ccc(C)cc1. The first kappa shape index (κ1) is 21.2. The number of ether oxygens (including phenoxy) is 2. The average Bonchev–Trinajstić information content (AvgIpc) is 2.65. The van der Waals surface area contributed by atoms with Crippen LogP contribution in [0.3, 0.4) is 0 Å². The van der Waals surface area contributed by atoms with Crippen LogP contribution in [0.2, 0.25) is 0 Å². The summed E-state index contributed by atoms with van der Waals surface area (Å²) in [5, 5.41) is 0. The minimum atomic E-state index is 0.456. The molecule has 0 bridgehead atoms. The van der Waals surface area contributed by atoms with Crippen LogP contribution < -0.4 is 20.9 Å². The molecular weight excluding hydrogens is 302 g/mol. The van der Waals surface area contributed by atoms with Gasteiger partial charge in [-0.05, 0) is 50.4 Å². The summed E-state index contributed by atoms with van der Waals surface area (Å²) in [7, 11) is 4.79. The number of nitrogens with two attached hydrogens (primary N) is 2. The monoisotopic (exact) mass is 329 g/mol. The molecule has 5 nitrogen and oxygen atoms in total. The standard InChI is InChI=1S/C10H12N2O.C8H10O.CH5N/c1-3-12-10(11)8-4-6-9(13-2)7-5-8;1-7-3-5-8(9-2)6-4-7;1-2/h3-7H,1H2,2H3,(H2,11,12);3-6H,1-2H3;2H2,1H3. The zero-order valence-electron chi connectivity index (χ0n) is 14.8. The number of nitrogens with zero attached hydrogens (tertiary/aromatic N) is 1. The summed E-state index contributed by atoms with van der Waals surface area (Å²) in [6, 6.07) is 15.3. The highest BCUT2D eigenvalue weighted by atomic mass is 16.5. The Bertz CT molecular complexity index is 606. The maximum absolute atomic E-state index is 5.63. The highest BCUT2D eigenvalue weighted by molar-refractivity contribution is 5.97. The lowest BCUT2D eigenvalue weighted by atomic mass is 10.2. The highest BCUT2D eigenvalue weighted by Crippen LogP contribution is 2.11. The largest absolute Gasteiger partial charge is 0.497 e. The van der Waals surface area contributed by atoms with Crippen LogP contribution in [0.5, 0.6) is 11.5 Å². The molecule has 4 N–H and O–H groups in total. The van der Waals surface area contributed by atoms with E-state index in [1.165, 1.54) is 18.8 Å². The minimum absolute atomic E-state index is 0.456. The Labute approximate surface area is 144 Å². The van der Waals surface area contributed by atoms with Crippen molar-refractivity contribution in [3.8, 4) is 11.5 Å². The van der Waals surface area contributed by atoms with Gasteiger partial charge in [-0.25, -0.2) is 4.99 Å². The first-order chi connectivity index (χ1) is 11.6. The summed E-state index contributed by atoms with van der Waals surface area (Å²) in [5.74, 6) is 2.17. The predicted octanol–water partition coefficient (Wildman–Crippen LogP) is 3.12. The van der Waals surface area contributed by atoms with Crippen molar-refractivity contribution >= 4 is 5.84 Å². The smallest absolute Gasteiger partial charge is 0.130 e. The van der Waals surface area contributed by atoms with E-state index in [4.69, 9.17) is 15.2 Å². The van der Waals surface area contributed by atoms with Crippen molar-refractivity contribution < 1.29 is 9.47 Å². The Morgan fingerprint density at radius 3 is 1.71 bits per heavy atom. The van der Waals surface area contributed by atoms with Gasteiger partial charge in [-0.15, -0.1) is 0 Å². The molecule has 2 rings (SSSR count). The van der Waals surface area contributed by atoms with Crippen molar-refractivity contribution in [2.75, 3.05) is 21.3 Å². The molecule has 0 heterocycles. The third kappa shape index (κ3) is 8.00. The van der Waals surface area contributed by atoms with E-state index >= 15 is 0 Å². The quantitative estimate of drug-likeness (QED) is 0.667. The number of amidine groups is 1. The Balaban J connectivity index is 0.000000420. The molecule has 2 aromatic rings. The van der Waals surface area contributed by atoms with Crippen molar-refractivity contribution in [1.82, 2.24) is 0 Å². The summed E-state index contributed by atoms with van der Waals surface area (Å²) in [6.45, 7) is 5.52. The van der Waals surface area contributed by atoms with Gasteiger partial charge < -0.3 is 20.9 Å². The first-order valence-electron chi connectivity index (χ1n) is 7.37. The Morgan fingerprint density at radius 1 is 0.917 bits per heavy atom. The number of benzene rings is 2. The number of hydrogen-bond donors (Lipinski definition) is 2. The van der Waals surface area contributed by atoms with Gasteiger partial charge in [0.05, 0.1) is 14.2 Å². The summed E-state index contributed by atoms with van der Waals surface area (Å²) in [4.78, 5) is 3.87. The Kier molecular flexibility index (Phi) is 11.2. The summed E-state index contributed by atoms with van der Waals surface area (Å²) in [6.07, 6.45) is 1.42. The van der Waals surface area contributed by atoms with Crippen molar-refractivity contribution in [2.24, 2.45) is 16.5 Å². The van der Waals surface area contributed by atoms with Gasteiger partial charge in [-0.1, -0.05) is 24.3 Å². The number of rotatable bonds is 4. The van der Waals surface area contributed by atoms with Crippen molar-refractivity contribution in [2.45, 2.75) is 6.92 Å². The van der Waals surface area contributed by atoms with Gasteiger partial charge in [0.25, 0.3) is 0 Å². The Hall–Kier alpha value is -2.79. The predicted molar refractivity (Wildman–Crippen MR) is 102 cm³/mol. The van der Waals surface area contributed by atoms with Gasteiger partial charge in [0.2, 0.25) is 0 Å². The number of aliphatic imine (C=N–C) groups is 1. The van der Waals surface area contributed by atoms with E-state index in [0.717, 1.165) is 17.1 Å². The first-order valence-corrected chi connectivity index (χ1v) is 7.37. The molecule has 130 valence electrons. The fraction of sp³-hybridized carbons (Fsp3) is 0.211. The fourth-order valence-corrected chi connectivity index (χ4v) is 1.61. The summed E-state index contributed by atoms with van der Waals surface area (Å²) < 4.78 is 9.98. The topological polar surface area (TPSA) is 82.9 Å². The number of hydrogen-bond acceptors (Lipinski definition) is 4. The van der Waals surface area contributed by atoms with E-state index in [1.54, 1.807) is 14.2 Å². The van der Waals surface area contributed by atoms with Crippen LogP contribution in [0.15, 0.2) is 66.3 Å². The summed E-state index contributed by atoms with van der Waals surface area (Å²) >= 11 is 0. The Morgan fingerprint density at radius 2 is 1.33 bits per heavy atom. The van der Waals surface area contributed by atoms with Crippen LogP contribution in [0, 0.1) is 6.92 Å². The third-order valence-electron chi connectivity index (χ3n) is 2.87. The average molecular weight is 329 g/mol. The number of aryl methyl sites for hydroxylation is 1. The van der Waals surface area contributed by atoms with Gasteiger partial charge in [0.15, 0.2) is 0 Å². The van der Waals surface area contributed by atoms with E-state index in [-0.39, 0.29) is 0 Å². The van der Waals surface area contributed by atoms with Gasteiger partial charge >= 0.3 is 0 Å². The van der Waals surface area contributed by atoms with Crippen LogP contribution in [-0.2, 0) is 0 Å². The molecule has 2 aromatic carbocycles. The molecule has 0 saturated carbocycles. The molecule has 0 atom stereocenters. The van der Waals surface area contributed by atoms with Crippen LogP contribution >= 0.6 is 0 Å². The summed E-state index contributed by atoms with van der Waals surface area (Å²) in [5.41, 5.74) is 12.3. The van der Waals surface area contributed by atoms with Gasteiger partial charge in [0, 0.05) is 11.8 Å². The van der Waals surface area contributed by atoms with Crippen LogP contribution in [0.4, 0.5) is 0 Å². The van der Waals surface area contributed by atoms with Crippen molar-refractivity contribution in [1.29, 1.82) is 0 Å².